The molecule has 1 fully saturated rings. The van der Waals surface area contributed by atoms with Gasteiger partial charge in [0.15, 0.2) is 0 Å². The third kappa shape index (κ3) is 6.59. The van der Waals surface area contributed by atoms with Gasteiger partial charge in [0.1, 0.15) is 0 Å². The van der Waals surface area contributed by atoms with Gasteiger partial charge in [-0.05, 0) is 58.3 Å². The standard InChI is InChI=1S/C27H37N2.C4H7.Au/c1-18(2)22-11-9-12-23(19(3)4)26(22)28-15-16-29(17-28)27-24(20(5)6)13-10-14-25(27)21(7)8;1-2-4-3-1;/h9-21H,1-8H3;1H,2-4H2;/q2*-1;. The van der Waals surface area contributed by atoms with Gasteiger partial charge in [-0.15, -0.1) is 13.1 Å². The smallest absolute Gasteiger partial charge is 0.0195 e. The first-order valence-corrected chi connectivity index (χ1v) is 12.9. The fourth-order valence-corrected chi connectivity index (χ4v) is 4.44. The predicted octanol–water partition coefficient (Wildman–Crippen LogP) is 9.47. The third-order valence-corrected chi connectivity index (χ3v) is 6.65. The van der Waals surface area contributed by atoms with E-state index in [9.17, 15) is 0 Å². The Balaban J connectivity index is 0.000000739. The van der Waals surface area contributed by atoms with E-state index in [2.05, 4.69) is 127 Å². The molecule has 0 amide bonds. The molecule has 1 heterocycles. The third-order valence-electron chi connectivity index (χ3n) is 6.65. The van der Waals surface area contributed by atoms with Crippen LogP contribution in [0.4, 0.5) is 11.4 Å². The van der Waals surface area contributed by atoms with Crippen molar-refractivity contribution in [3.05, 3.63) is 84.1 Å². The molecule has 1 radical (unpaired) electrons. The summed E-state index contributed by atoms with van der Waals surface area (Å²) in [5.74, 6) is 1.92. The summed E-state index contributed by atoms with van der Waals surface area (Å²) in [5.41, 5.74) is 8.29. The Morgan fingerprint density at radius 3 is 1.06 bits per heavy atom. The van der Waals surface area contributed by atoms with Crippen LogP contribution >= 0.6 is 0 Å². The van der Waals surface area contributed by atoms with E-state index in [1.807, 2.05) is 0 Å². The molecule has 0 spiro atoms. The zero-order valence-electron chi connectivity index (χ0n) is 22.4. The van der Waals surface area contributed by atoms with E-state index >= 15 is 0 Å². The molecule has 34 heavy (non-hydrogen) atoms. The molecule has 0 atom stereocenters. The van der Waals surface area contributed by atoms with E-state index in [1.165, 1.54) is 52.9 Å². The van der Waals surface area contributed by atoms with Gasteiger partial charge in [-0.2, -0.15) is 12.8 Å². The molecular weight excluding hydrogens is 597 g/mol. The second kappa shape index (κ2) is 13.0. The van der Waals surface area contributed by atoms with E-state index in [0.29, 0.717) is 23.7 Å². The molecule has 1 aliphatic heterocycles. The Kier molecular flexibility index (Phi) is 11.0. The van der Waals surface area contributed by atoms with Gasteiger partial charge in [0.25, 0.3) is 0 Å². The summed E-state index contributed by atoms with van der Waals surface area (Å²) in [6.07, 6.45) is 10.9. The van der Waals surface area contributed by atoms with E-state index in [0.717, 1.165) is 0 Å². The number of benzene rings is 2. The molecule has 4 rings (SSSR count). The van der Waals surface area contributed by atoms with Crippen LogP contribution in [-0.4, -0.2) is 0 Å². The molecule has 1 saturated carbocycles. The fourth-order valence-electron chi connectivity index (χ4n) is 4.44. The largest absolute Gasteiger partial charge is 0.479 e. The van der Waals surface area contributed by atoms with Gasteiger partial charge in [0.2, 0.25) is 0 Å². The monoisotopic (exact) mass is 641 g/mol. The summed E-state index contributed by atoms with van der Waals surface area (Å²) in [7, 11) is 0. The van der Waals surface area contributed by atoms with Crippen LogP contribution in [0.1, 0.15) is 121 Å². The Bertz CT molecular complexity index is 810. The minimum absolute atomic E-state index is 0. The van der Waals surface area contributed by atoms with Gasteiger partial charge in [-0.25, -0.2) is 0 Å². The van der Waals surface area contributed by atoms with Crippen molar-refractivity contribution in [2.24, 2.45) is 0 Å². The topological polar surface area (TPSA) is 6.48 Å². The van der Waals surface area contributed by atoms with Crippen molar-refractivity contribution in [3.8, 4) is 0 Å². The zero-order chi connectivity index (χ0) is 24.1. The van der Waals surface area contributed by atoms with Crippen LogP contribution in [0.25, 0.3) is 0 Å². The van der Waals surface area contributed by atoms with E-state index < -0.39 is 0 Å². The molecule has 191 valence electrons. The maximum absolute atomic E-state index is 2.33. The minimum atomic E-state index is 0. The molecule has 0 bridgehead atoms. The normalized spacial score (nSPS) is 15.1. The second-order valence-electron chi connectivity index (χ2n) is 10.6. The molecule has 1 aliphatic carbocycles. The van der Waals surface area contributed by atoms with Crippen LogP contribution < -0.4 is 9.80 Å². The number of rotatable bonds is 6. The minimum Gasteiger partial charge on any atom is -0.479 e. The van der Waals surface area contributed by atoms with Gasteiger partial charge in [-0.3, -0.25) is 0 Å². The maximum Gasteiger partial charge on any atom is 0.0195 e. The second-order valence-corrected chi connectivity index (χ2v) is 10.6. The molecule has 2 aromatic carbocycles. The van der Waals surface area contributed by atoms with Crippen LogP contribution in [0.3, 0.4) is 0 Å². The van der Waals surface area contributed by atoms with Crippen molar-refractivity contribution >= 4 is 11.4 Å². The molecule has 2 aromatic rings. The van der Waals surface area contributed by atoms with Crippen molar-refractivity contribution in [2.45, 2.75) is 98.3 Å². The van der Waals surface area contributed by atoms with Crippen molar-refractivity contribution in [1.82, 2.24) is 0 Å². The van der Waals surface area contributed by atoms with Gasteiger partial charge in [0.05, 0.1) is 0 Å². The molecule has 0 saturated heterocycles. The van der Waals surface area contributed by atoms with Gasteiger partial charge >= 0.3 is 0 Å². The fraction of sp³-hybridized carbons (Fsp3) is 0.484. The number of nitrogens with zero attached hydrogens (tertiary/aromatic N) is 2. The Labute approximate surface area is 225 Å². The molecule has 2 aliphatic rings. The molecule has 0 aromatic heterocycles. The van der Waals surface area contributed by atoms with E-state index in [4.69, 9.17) is 0 Å². The number of para-hydroxylation sites is 2. The summed E-state index contributed by atoms with van der Waals surface area (Å²) >= 11 is 0. The van der Waals surface area contributed by atoms with Crippen LogP contribution in [0, 0.1) is 13.1 Å². The van der Waals surface area contributed by atoms with Crippen molar-refractivity contribution in [2.75, 3.05) is 9.80 Å². The quantitative estimate of drug-likeness (QED) is 0.229. The van der Waals surface area contributed by atoms with Crippen LogP contribution in [0.5, 0.6) is 0 Å². The molecule has 0 unspecified atom stereocenters. The number of hydrogen-bond acceptors (Lipinski definition) is 2. The summed E-state index contributed by atoms with van der Waals surface area (Å²) in [5, 5.41) is 0. The summed E-state index contributed by atoms with van der Waals surface area (Å²) < 4.78 is 0. The SMILES string of the molecule is CC(C)c1cccc(C(C)C)c1N1C=CN(c2c(C(C)C)cccc2C(C)C)[CH-]1.[Au].[CH-]1CCC1. The van der Waals surface area contributed by atoms with Gasteiger partial charge in [-0.1, -0.05) is 91.8 Å². The van der Waals surface area contributed by atoms with E-state index in [-0.39, 0.29) is 22.4 Å². The van der Waals surface area contributed by atoms with E-state index in [1.54, 1.807) is 0 Å². The van der Waals surface area contributed by atoms with Crippen molar-refractivity contribution in [1.29, 1.82) is 0 Å². The summed E-state index contributed by atoms with van der Waals surface area (Å²) in [6.45, 7) is 20.5. The number of anilines is 2. The van der Waals surface area contributed by atoms with Crippen LogP contribution in [-0.2, 0) is 22.4 Å². The van der Waals surface area contributed by atoms with Crippen LogP contribution in [0.15, 0.2) is 48.8 Å². The molecule has 2 nitrogen and oxygen atoms in total. The summed E-state index contributed by atoms with van der Waals surface area (Å²) in [4.78, 5) is 4.65. The maximum atomic E-state index is 2.33. The Morgan fingerprint density at radius 1 is 0.588 bits per heavy atom. The first-order chi connectivity index (χ1) is 15.7. The van der Waals surface area contributed by atoms with Gasteiger partial charge in [0, 0.05) is 33.8 Å². The average molecular weight is 642 g/mol. The van der Waals surface area contributed by atoms with Gasteiger partial charge < -0.3 is 16.2 Å². The number of hydrogen-bond donors (Lipinski definition) is 0. The van der Waals surface area contributed by atoms with Crippen molar-refractivity contribution in [3.63, 3.8) is 0 Å². The zero-order valence-corrected chi connectivity index (χ0v) is 24.6. The first kappa shape index (κ1) is 28.8. The summed E-state index contributed by atoms with van der Waals surface area (Å²) in [6, 6.07) is 13.5. The van der Waals surface area contributed by atoms with Crippen molar-refractivity contribution < 1.29 is 22.4 Å². The Hall–Kier alpha value is -1.48. The molecular formula is C31H44AuN2-2. The molecule has 3 heteroatoms. The first-order valence-electron chi connectivity index (χ1n) is 12.9. The average Bonchev–Trinajstić information content (AvgIpc) is 3.20. The molecule has 0 N–H and O–H groups in total. The Morgan fingerprint density at radius 2 is 0.853 bits per heavy atom. The van der Waals surface area contributed by atoms with Crippen LogP contribution in [0.2, 0.25) is 0 Å². The predicted molar refractivity (Wildman–Crippen MR) is 146 cm³/mol.